The van der Waals surface area contributed by atoms with Gasteiger partial charge in [0.2, 0.25) is 0 Å². The fourth-order valence-electron chi connectivity index (χ4n) is 2.31. The van der Waals surface area contributed by atoms with E-state index in [9.17, 15) is 4.79 Å². The fourth-order valence-corrected chi connectivity index (χ4v) is 2.31. The van der Waals surface area contributed by atoms with Crippen LogP contribution in [-0.2, 0) is 0 Å². The Balaban J connectivity index is 2.02. The number of piperazine rings is 1. The van der Waals surface area contributed by atoms with Crippen LogP contribution in [0.3, 0.4) is 0 Å². The maximum absolute atomic E-state index is 12.3. The summed E-state index contributed by atoms with van der Waals surface area (Å²) in [4.78, 5) is 16.8. The van der Waals surface area contributed by atoms with E-state index in [0.717, 1.165) is 26.2 Å². The average molecular weight is 278 g/mol. The van der Waals surface area contributed by atoms with Crippen LogP contribution in [0.15, 0.2) is 18.2 Å². The molecule has 0 atom stereocenters. The highest BCUT2D eigenvalue weighted by molar-refractivity contribution is 5.98. The summed E-state index contributed by atoms with van der Waals surface area (Å²) < 4.78 is 10.4. The average Bonchev–Trinajstić information content (AvgIpc) is 2.48. The van der Waals surface area contributed by atoms with Gasteiger partial charge in [0.25, 0.3) is 0 Å². The topological polar surface area (TPSA) is 42.0 Å². The summed E-state index contributed by atoms with van der Waals surface area (Å²) in [5.74, 6) is 1.36. The van der Waals surface area contributed by atoms with Crippen LogP contribution in [0.2, 0.25) is 0 Å². The Kier molecular flexibility index (Phi) is 4.98. The summed E-state index contributed by atoms with van der Waals surface area (Å²) in [6.07, 6.45) is 0. The van der Waals surface area contributed by atoms with Gasteiger partial charge >= 0.3 is 0 Å². The van der Waals surface area contributed by atoms with Gasteiger partial charge in [-0.3, -0.25) is 9.69 Å². The van der Waals surface area contributed by atoms with Crippen LogP contribution in [0.1, 0.15) is 10.4 Å². The number of hydrogen-bond acceptors (Lipinski definition) is 5. The fraction of sp³-hybridized carbons (Fsp3) is 0.533. The molecule has 1 saturated heterocycles. The van der Waals surface area contributed by atoms with Gasteiger partial charge in [-0.05, 0) is 25.2 Å². The molecule has 1 aromatic rings. The van der Waals surface area contributed by atoms with E-state index in [1.165, 1.54) is 0 Å². The number of likely N-dealkylation sites (N-methyl/N-ethyl adjacent to an activating group) is 1. The molecule has 1 aliphatic heterocycles. The normalized spacial score (nSPS) is 16.9. The van der Waals surface area contributed by atoms with Crippen LogP contribution in [0.4, 0.5) is 0 Å². The Labute approximate surface area is 120 Å². The SMILES string of the molecule is COc1ccc(C(=O)CN2CCN(C)CC2)cc1OC. The van der Waals surface area contributed by atoms with Crippen LogP contribution in [0.5, 0.6) is 11.5 Å². The van der Waals surface area contributed by atoms with Crippen LogP contribution in [0, 0.1) is 0 Å². The van der Waals surface area contributed by atoms with Crippen molar-refractivity contribution in [1.82, 2.24) is 9.80 Å². The molecule has 0 spiro atoms. The molecule has 0 aromatic heterocycles. The van der Waals surface area contributed by atoms with Crippen molar-refractivity contribution in [3.8, 4) is 11.5 Å². The molecule has 0 radical (unpaired) electrons. The second kappa shape index (κ2) is 6.72. The van der Waals surface area contributed by atoms with Gasteiger partial charge in [-0.2, -0.15) is 0 Å². The third kappa shape index (κ3) is 3.49. The third-order valence-electron chi connectivity index (χ3n) is 3.67. The molecule has 20 heavy (non-hydrogen) atoms. The van der Waals surface area contributed by atoms with Gasteiger partial charge in [0.1, 0.15) is 0 Å². The molecule has 1 aliphatic rings. The van der Waals surface area contributed by atoms with E-state index in [1.807, 2.05) is 0 Å². The summed E-state index contributed by atoms with van der Waals surface area (Å²) in [5.41, 5.74) is 0.668. The predicted octanol–water partition coefficient (Wildman–Crippen LogP) is 1.13. The minimum Gasteiger partial charge on any atom is -0.493 e. The molecule has 0 aliphatic carbocycles. The van der Waals surface area contributed by atoms with E-state index in [0.29, 0.717) is 23.6 Å². The van der Waals surface area contributed by atoms with E-state index >= 15 is 0 Å². The molecule has 1 fully saturated rings. The summed E-state index contributed by atoms with van der Waals surface area (Å²) in [6.45, 7) is 4.37. The smallest absolute Gasteiger partial charge is 0.176 e. The summed E-state index contributed by atoms with van der Waals surface area (Å²) in [7, 11) is 5.27. The van der Waals surface area contributed by atoms with Crippen LogP contribution in [-0.4, -0.2) is 69.6 Å². The highest BCUT2D eigenvalue weighted by Crippen LogP contribution is 2.27. The molecular formula is C15H22N2O3. The van der Waals surface area contributed by atoms with Gasteiger partial charge in [-0.1, -0.05) is 0 Å². The van der Waals surface area contributed by atoms with Gasteiger partial charge in [-0.25, -0.2) is 0 Å². The Morgan fingerprint density at radius 2 is 1.75 bits per heavy atom. The van der Waals surface area contributed by atoms with E-state index < -0.39 is 0 Å². The Morgan fingerprint density at radius 3 is 2.35 bits per heavy atom. The molecule has 0 saturated carbocycles. The molecule has 5 heteroatoms. The number of Topliss-reactive ketones (excluding diaryl/α,β-unsaturated/α-hetero) is 1. The Bertz CT molecular complexity index is 468. The second-order valence-electron chi connectivity index (χ2n) is 5.07. The van der Waals surface area contributed by atoms with E-state index in [4.69, 9.17) is 9.47 Å². The molecule has 0 N–H and O–H groups in total. The van der Waals surface area contributed by atoms with Crippen molar-refractivity contribution in [2.45, 2.75) is 0 Å². The largest absolute Gasteiger partial charge is 0.493 e. The lowest BCUT2D eigenvalue weighted by atomic mass is 10.1. The van der Waals surface area contributed by atoms with E-state index in [1.54, 1.807) is 32.4 Å². The zero-order valence-electron chi connectivity index (χ0n) is 12.4. The van der Waals surface area contributed by atoms with Crippen LogP contribution < -0.4 is 9.47 Å². The van der Waals surface area contributed by atoms with Gasteiger partial charge in [0.05, 0.1) is 20.8 Å². The monoisotopic (exact) mass is 278 g/mol. The summed E-state index contributed by atoms with van der Waals surface area (Å²) in [5, 5.41) is 0. The second-order valence-corrected chi connectivity index (χ2v) is 5.07. The first kappa shape index (κ1) is 14.8. The number of methoxy groups -OCH3 is 2. The third-order valence-corrected chi connectivity index (χ3v) is 3.67. The lowest BCUT2D eigenvalue weighted by molar-refractivity contribution is 0.0876. The first-order chi connectivity index (χ1) is 9.63. The number of hydrogen-bond donors (Lipinski definition) is 0. The Morgan fingerprint density at radius 1 is 1.10 bits per heavy atom. The van der Waals surface area contributed by atoms with Crippen molar-refractivity contribution in [2.75, 3.05) is 54.0 Å². The maximum atomic E-state index is 12.3. The lowest BCUT2D eigenvalue weighted by Crippen LogP contribution is -2.46. The van der Waals surface area contributed by atoms with Gasteiger partial charge in [0.15, 0.2) is 17.3 Å². The lowest BCUT2D eigenvalue weighted by Gasteiger charge is -2.31. The Hall–Kier alpha value is -1.59. The molecule has 2 rings (SSSR count). The van der Waals surface area contributed by atoms with Crippen LogP contribution in [0.25, 0.3) is 0 Å². The van der Waals surface area contributed by atoms with Gasteiger partial charge in [0, 0.05) is 31.7 Å². The van der Waals surface area contributed by atoms with Gasteiger partial charge < -0.3 is 14.4 Å². The molecule has 110 valence electrons. The molecule has 0 amide bonds. The number of ketones is 1. The number of benzene rings is 1. The quantitative estimate of drug-likeness (QED) is 0.755. The molecule has 1 heterocycles. The number of ether oxygens (including phenoxy) is 2. The highest BCUT2D eigenvalue weighted by atomic mass is 16.5. The molecule has 5 nitrogen and oxygen atoms in total. The van der Waals surface area contributed by atoms with E-state index in [2.05, 4.69) is 16.8 Å². The number of rotatable bonds is 5. The standard InChI is InChI=1S/C15H22N2O3/c1-16-6-8-17(9-7-16)11-13(18)12-4-5-14(19-2)15(10-12)20-3/h4-5,10H,6-9,11H2,1-3H3. The zero-order valence-corrected chi connectivity index (χ0v) is 12.4. The first-order valence-electron chi connectivity index (χ1n) is 6.80. The summed E-state index contributed by atoms with van der Waals surface area (Å²) in [6, 6.07) is 5.31. The summed E-state index contributed by atoms with van der Waals surface area (Å²) >= 11 is 0. The number of carbonyl (C=O) groups excluding carboxylic acids is 1. The number of nitrogens with zero attached hydrogens (tertiary/aromatic N) is 2. The minimum atomic E-state index is 0.121. The molecular weight excluding hydrogens is 256 g/mol. The van der Waals surface area contributed by atoms with Crippen molar-refractivity contribution in [3.05, 3.63) is 23.8 Å². The van der Waals surface area contributed by atoms with Crippen molar-refractivity contribution < 1.29 is 14.3 Å². The molecule has 0 unspecified atom stereocenters. The van der Waals surface area contributed by atoms with Crippen LogP contribution >= 0.6 is 0 Å². The first-order valence-corrected chi connectivity index (χ1v) is 6.80. The van der Waals surface area contributed by atoms with Crippen molar-refractivity contribution in [3.63, 3.8) is 0 Å². The van der Waals surface area contributed by atoms with Gasteiger partial charge in [-0.15, -0.1) is 0 Å². The van der Waals surface area contributed by atoms with Crippen molar-refractivity contribution >= 4 is 5.78 Å². The van der Waals surface area contributed by atoms with Crippen molar-refractivity contribution in [1.29, 1.82) is 0 Å². The minimum absolute atomic E-state index is 0.121. The van der Waals surface area contributed by atoms with Crippen molar-refractivity contribution in [2.24, 2.45) is 0 Å². The maximum Gasteiger partial charge on any atom is 0.176 e. The molecule has 0 bridgehead atoms. The van der Waals surface area contributed by atoms with E-state index in [-0.39, 0.29) is 5.78 Å². The zero-order chi connectivity index (χ0) is 14.5. The predicted molar refractivity (Wildman–Crippen MR) is 77.8 cm³/mol. The molecule has 1 aromatic carbocycles. The number of carbonyl (C=O) groups is 1. The highest BCUT2D eigenvalue weighted by Gasteiger charge is 2.18.